The topological polar surface area (TPSA) is 38.9 Å². The molecule has 0 saturated carbocycles. The van der Waals surface area contributed by atoms with Gasteiger partial charge in [0, 0.05) is 15.2 Å². The van der Waals surface area contributed by atoms with Crippen molar-refractivity contribution in [3.63, 3.8) is 0 Å². The quantitative estimate of drug-likeness (QED) is 0.913. The molecule has 0 radical (unpaired) electrons. The number of thiophene rings is 1. The molecular formula is C12H15BrN2S2. The fraction of sp³-hybridized carbons (Fsp3) is 0.417. The Kier molecular flexibility index (Phi) is 4.02. The van der Waals surface area contributed by atoms with Crippen LogP contribution in [0.1, 0.15) is 19.5 Å². The number of aromatic nitrogens is 1. The van der Waals surface area contributed by atoms with Gasteiger partial charge in [-0.3, -0.25) is 0 Å². The number of hydrogen-bond acceptors (Lipinski definition) is 4. The molecule has 0 aromatic carbocycles. The normalized spacial score (nSPS) is 12.0. The van der Waals surface area contributed by atoms with E-state index in [0.29, 0.717) is 6.54 Å². The lowest BCUT2D eigenvalue weighted by Crippen LogP contribution is -2.26. The second-order valence-corrected chi connectivity index (χ2v) is 7.50. The molecule has 0 aliphatic rings. The SMILES string of the molecule is CC(C)(CN)Cc1csc(-c2cc(Br)cs2)n1. The van der Waals surface area contributed by atoms with E-state index in [0.717, 1.165) is 21.6 Å². The molecule has 92 valence electrons. The third-order valence-corrected chi connectivity index (χ3v) is 5.29. The Morgan fingerprint density at radius 2 is 2.12 bits per heavy atom. The Bertz CT molecular complexity index is 502. The third-order valence-electron chi connectivity index (χ3n) is 2.54. The van der Waals surface area contributed by atoms with Gasteiger partial charge in [0.2, 0.25) is 0 Å². The van der Waals surface area contributed by atoms with Crippen molar-refractivity contribution in [2.45, 2.75) is 20.3 Å². The van der Waals surface area contributed by atoms with Gasteiger partial charge in [0.15, 0.2) is 0 Å². The van der Waals surface area contributed by atoms with Gasteiger partial charge in [0.05, 0.1) is 10.6 Å². The first-order valence-electron chi connectivity index (χ1n) is 5.39. The van der Waals surface area contributed by atoms with Gasteiger partial charge in [-0.25, -0.2) is 4.98 Å². The molecule has 0 aliphatic carbocycles. The smallest absolute Gasteiger partial charge is 0.133 e. The summed E-state index contributed by atoms with van der Waals surface area (Å²) < 4.78 is 1.12. The summed E-state index contributed by atoms with van der Waals surface area (Å²) in [5.74, 6) is 0. The highest BCUT2D eigenvalue weighted by molar-refractivity contribution is 9.10. The average Bonchev–Trinajstić information content (AvgIpc) is 2.86. The molecule has 0 spiro atoms. The fourth-order valence-electron chi connectivity index (χ4n) is 1.49. The van der Waals surface area contributed by atoms with Crippen LogP contribution in [0.3, 0.4) is 0 Å². The molecule has 2 aromatic heterocycles. The lowest BCUT2D eigenvalue weighted by Gasteiger charge is -2.20. The first-order chi connectivity index (χ1) is 8.00. The zero-order chi connectivity index (χ0) is 12.5. The van der Waals surface area contributed by atoms with Crippen molar-refractivity contribution in [1.29, 1.82) is 0 Å². The molecule has 17 heavy (non-hydrogen) atoms. The molecule has 0 atom stereocenters. The van der Waals surface area contributed by atoms with Crippen LogP contribution in [-0.2, 0) is 6.42 Å². The Morgan fingerprint density at radius 3 is 2.71 bits per heavy atom. The summed E-state index contributed by atoms with van der Waals surface area (Å²) in [4.78, 5) is 5.90. The maximum Gasteiger partial charge on any atom is 0.133 e. The van der Waals surface area contributed by atoms with Crippen LogP contribution in [0.2, 0.25) is 0 Å². The minimum absolute atomic E-state index is 0.126. The van der Waals surface area contributed by atoms with Crippen molar-refractivity contribution in [2.24, 2.45) is 11.1 Å². The standard InChI is InChI=1S/C12H15BrN2S2/c1-12(2,7-14)4-9-6-17-11(15-9)10-3-8(13)5-16-10/h3,5-6H,4,7,14H2,1-2H3. The van der Waals surface area contributed by atoms with Crippen LogP contribution in [0, 0.1) is 5.41 Å². The minimum Gasteiger partial charge on any atom is -0.330 e. The Labute approximate surface area is 118 Å². The van der Waals surface area contributed by atoms with Gasteiger partial charge in [-0.05, 0) is 40.4 Å². The number of nitrogens with zero attached hydrogens (tertiary/aromatic N) is 1. The number of thiazole rings is 1. The Balaban J connectivity index is 2.16. The largest absolute Gasteiger partial charge is 0.330 e. The second-order valence-electron chi connectivity index (χ2n) is 4.82. The number of nitrogens with two attached hydrogens (primary N) is 1. The van der Waals surface area contributed by atoms with Crippen LogP contribution in [-0.4, -0.2) is 11.5 Å². The van der Waals surface area contributed by atoms with E-state index in [1.807, 2.05) is 0 Å². The zero-order valence-corrected chi connectivity index (χ0v) is 13.1. The van der Waals surface area contributed by atoms with Crippen LogP contribution in [0.15, 0.2) is 21.3 Å². The predicted octanol–water partition coefficient (Wildman–Crippen LogP) is 4.16. The number of hydrogen-bond donors (Lipinski definition) is 1. The van der Waals surface area contributed by atoms with Gasteiger partial charge in [0.1, 0.15) is 5.01 Å². The highest BCUT2D eigenvalue weighted by Crippen LogP contribution is 2.33. The lowest BCUT2D eigenvalue weighted by molar-refractivity contribution is 0.373. The third kappa shape index (κ3) is 3.37. The summed E-state index contributed by atoms with van der Waals surface area (Å²) in [6, 6.07) is 2.11. The Morgan fingerprint density at radius 1 is 1.35 bits per heavy atom. The van der Waals surface area contributed by atoms with E-state index in [-0.39, 0.29) is 5.41 Å². The molecule has 2 nitrogen and oxygen atoms in total. The minimum atomic E-state index is 0.126. The fourth-order valence-corrected chi connectivity index (χ4v) is 3.82. The highest BCUT2D eigenvalue weighted by Gasteiger charge is 2.18. The molecule has 0 amide bonds. The summed E-state index contributed by atoms with van der Waals surface area (Å²) >= 11 is 6.89. The van der Waals surface area contributed by atoms with Gasteiger partial charge >= 0.3 is 0 Å². The van der Waals surface area contributed by atoms with Crippen molar-refractivity contribution in [3.05, 3.63) is 27.0 Å². The first kappa shape index (κ1) is 13.2. The van der Waals surface area contributed by atoms with Gasteiger partial charge in [0.25, 0.3) is 0 Å². The van der Waals surface area contributed by atoms with E-state index in [4.69, 9.17) is 5.73 Å². The van der Waals surface area contributed by atoms with Crippen LogP contribution < -0.4 is 5.73 Å². The number of rotatable bonds is 4. The van der Waals surface area contributed by atoms with Crippen LogP contribution in [0.5, 0.6) is 0 Å². The molecule has 2 aromatic rings. The van der Waals surface area contributed by atoms with E-state index in [9.17, 15) is 0 Å². The molecule has 0 bridgehead atoms. The van der Waals surface area contributed by atoms with E-state index in [1.54, 1.807) is 22.7 Å². The average molecular weight is 331 g/mol. The zero-order valence-electron chi connectivity index (χ0n) is 9.87. The summed E-state index contributed by atoms with van der Waals surface area (Å²) in [5.41, 5.74) is 7.02. The Hall–Kier alpha value is -0.230. The van der Waals surface area contributed by atoms with Crippen LogP contribution >= 0.6 is 38.6 Å². The summed E-state index contributed by atoms with van der Waals surface area (Å²) in [5, 5.41) is 5.32. The van der Waals surface area contributed by atoms with Gasteiger partial charge in [-0.1, -0.05) is 13.8 Å². The molecule has 0 saturated heterocycles. The van der Waals surface area contributed by atoms with E-state index >= 15 is 0 Å². The molecule has 2 rings (SSSR count). The molecule has 5 heteroatoms. The maximum atomic E-state index is 5.75. The predicted molar refractivity (Wildman–Crippen MR) is 79.7 cm³/mol. The van der Waals surface area contributed by atoms with Crippen molar-refractivity contribution in [1.82, 2.24) is 4.98 Å². The monoisotopic (exact) mass is 330 g/mol. The van der Waals surface area contributed by atoms with Crippen molar-refractivity contribution in [2.75, 3.05) is 6.54 Å². The van der Waals surface area contributed by atoms with E-state index in [2.05, 4.69) is 51.6 Å². The molecule has 2 heterocycles. The summed E-state index contributed by atoms with van der Waals surface area (Å²) in [6.07, 6.45) is 0.937. The molecular weight excluding hydrogens is 316 g/mol. The molecule has 0 unspecified atom stereocenters. The molecule has 2 N–H and O–H groups in total. The van der Waals surface area contributed by atoms with Crippen molar-refractivity contribution >= 4 is 38.6 Å². The summed E-state index contributed by atoms with van der Waals surface area (Å²) in [6.45, 7) is 5.03. The van der Waals surface area contributed by atoms with E-state index < -0.39 is 0 Å². The van der Waals surface area contributed by atoms with Crippen LogP contribution in [0.4, 0.5) is 0 Å². The second kappa shape index (κ2) is 5.18. The van der Waals surface area contributed by atoms with Gasteiger partial charge in [-0.2, -0.15) is 0 Å². The molecule has 0 aliphatic heterocycles. The highest BCUT2D eigenvalue weighted by atomic mass is 79.9. The van der Waals surface area contributed by atoms with Gasteiger partial charge in [-0.15, -0.1) is 22.7 Å². The maximum absolute atomic E-state index is 5.75. The van der Waals surface area contributed by atoms with Crippen LogP contribution in [0.25, 0.3) is 9.88 Å². The van der Waals surface area contributed by atoms with Crippen molar-refractivity contribution in [3.8, 4) is 9.88 Å². The number of halogens is 1. The lowest BCUT2D eigenvalue weighted by atomic mass is 9.88. The first-order valence-corrected chi connectivity index (χ1v) is 7.94. The van der Waals surface area contributed by atoms with E-state index in [1.165, 1.54) is 4.88 Å². The summed E-state index contributed by atoms with van der Waals surface area (Å²) in [7, 11) is 0. The molecule has 0 fully saturated rings. The van der Waals surface area contributed by atoms with Gasteiger partial charge < -0.3 is 5.73 Å². The van der Waals surface area contributed by atoms with Crippen molar-refractivity contribution < 1.29 is 0 Å².